The molecular formula is C33H35BrFN5O3S. The van der Waals surface area contributed by atoms with Crippen molar-refractivity contribution < 1.29 is 18.7 Å². The maximum Gasteiger partial charge on any atom is 0.255 e. The highest BCUT2D eigenvalue weighted by Gasteiger charge is 2.35. The molecule has 0 fully saturated rings. The molecule has 3 aromatic carbocycles. The molecule has 0 bridgehead atoms. The van der Waals surface area contributed by atoms with E-state index in [1.807, 2.05) is 58.0 Å². The largest absolute Gasteiger partial charge is 0.490 e. The fourth-order valence-corrected chi connectivity index (χ4v) is 6.30. The third kappa shape index (κ3) is 6.78. The van der Waals surface area contributed by atoms with E-state index < -0.39 is 6.04 Å². The quantitative estimate of drug-likeness (QED) is 0.154. The Balaban J connectivity index is 1.58. The molecule has 8 nitrogen and oxygen atoms in total. The average Bonchev–Trinajstić information content (AvgIpc) is 3.39. The molecule has 1 aliphatic heterocycles. The number of ether oxygens (including phenoxy) is 2. The summed E-state index contributed by atoms with van der Waals surface area (Å²) < 4.78 is 28.8. The maximum absolute atomic E-state index is 14.3. The first-order chi connectivity index (χ1) is 21.2. The summed E-state index contributed by atoms with van der Waals surface area (Å²) in [6.45, 7) is 10.2. The lowest BCUT2D eigenvalue weighted by atomic mass is 9.94. The predicted octanol–water partition coefficient (Wildman–Crippen LogP) is 8.20. The van der Waals surface area contributed by atoms with Gasteiger partial charge in [0.05, 0.1) is 16.7 Å². The van der Waals surface area contributed by atoms with Crippen LogP contribution in [-0.4, -0.2) is 33.0 Å². The molecule has 0 aliphatic carbocycles. The van der Waals surface area contributed by atoms with Gasteiger partial charge in [-0.25, -0.2) is 9.07 Å². The minimum Gasteiger partial charge on any atom is -0.490 e. The minimum atomic E-state index is -0.628. The molecule has 11 heteroatoms. The van der Waals surface area contributed by atoms with Gasteiger partial charge in [-0.15, -0.1) is 5.10 Å². The number of aryl methyl sites for hydroxylation is 2. The van der Waals surface area contributed by atoms with Crippen molar-refractivity contribution in [3.8, 4) is 11.5 Å². The van der Waals surface area contributed by atoms with Crippen molar-refractivity contribution in [2.24, 2.45) is 0 Å². The Labute approximate surface area is 269 Å². The molecule has 2 heterocycles. The summed E-state index contributed by atoms with van der Waals surface area (Å²) in [5.41, 5.74) is 5.14. The van der Waals surface area contributed by atoms with E-state index in [0.717, 1.165) is 34.6 Å². The Kier molecular flexibility index (Phi) is 9.95. The number of halogens is 2. The van der Waals surface area contributed by atoms with Crippen molar-refractivity contribution >= 4 is 45.2 Å². The van der Waals surface area contributed by atoms with Gasteiger partial charge in [0.2, 0.25) is 11.1 Å². The molecule has 0 saturated heterocycles. The van der Waals surface area contributed by atoms with E-state index in [-0.39, 0.29) is 18.3 Å². The van der Waals surface area contributed by atoms with Crippen LogP contribution in [0, 0.1) is 19.7 Å². The first-order valence-electron chi connectivity index (χ1n) is 14.5. The number of hydrogen-bond acceptors (Lipinski definition) is 7. The van der Waals surface area contributed by atoms with Gasteiger partial charge in [-0.05, 0) is 85.4 Å². The third-order valence-electron chi connectivity index (χ3n) is 7.12. The molecule has 0 spiro atoms. The van der Waals surface area contributed by atoms with Crippen molar-refractivity contribution in [2.75, 3.05) is 23.0 Å². The summed E-state index contributed by atoms with van der Waals surface area (Å²) in [6, 6.07) is 15.5. The van der Waals surface area contributed by atoms with E-state index in [1.54, 1.807) is 34.6 Å². The topological polar surface area (TPSA) is 90.3 Å². The standard InChI is InChI=1S/C33H35BrFN5O3S/c1-6-14-44-33-38-32-36-21(5)28(31(41)37-26-13-12-19(3)15-20(26)4)29(40(32)39-33)23-16-24(34)30(27(17-23)42-7-2)43-18-22-10-8-9-11-25(22)35/h8-13,15-17,29H,6-7,14,18H2,1-5H3,(H,37,41)(H,36,38,39). The van der Waals surface area contributed by atoms with Crippen molar-refractivity contribution in [1.82, 2.24) is 14.8 Å². The van der Waals surface area contributed by atoms with Crippen molar-refractivity contribution in [1.29, 1.82) is 0 Å². The molecule has 2 N–H and O–H groups in total. The number of nitrogens with one attached hydrogen (secondary N) is 2. The number of thioether (sulfide) groups is 1. The van der Waals surface area contributed by atoms with Crippen LogP contribution in [0.4, 0.5) is 16.0 Å². The van der Waals surface area contributed by atoms with Crippen LogP contribution in [-0.2, 0) is 11.4 Å². The van der Waals surface area contributed by atoms with Gasteiger partial charge in [0.25, 0.3) is 5.91 Å². The molecule has 5 rings (SSSR count). The SMILES string of the molecule is CCCSc1nc2n(n1)C(c1cc(Br)c(OCc3ccccc3F)c(OCC)c1)C(C(=O)Nc1ccc(C)cc1C)=C(C)N2. The summed E-state index contributed by atoms with van der Waals surface area (Å²) in [7, 11) is 0. The molecule has 0 saturated carbocycles. The Hall–Kier alpha value is -3.83. The second kappa shape index (κ2) is 13.9. The number of carbonyl (C=O) groups excluding carboxylic acids is 1. The van der Waals surface area contributed by atoms with E-state index >= 15 is 0 Å². The highest BCUT2D eigenvalue weighted by Crippen LogP contribution is 2.44. The van der Waals surface area contributed by atoms with Crippen molar-refractivity contribution in [3.05, 3.63) is 98.4 Å². The number of aromatic nitrogens is 3. The lowest BCUT2D eigenvalue weighted by Crippen LogP contribution is -2.31. The van der Waals surface area contributed by atoms with Crippen LogP contribution in [0.3, 0.4) is 0 Å². The summed E-state index contributed by atoms with van der Waals surface area (Å²) in [6.07, 6.45) is 0.977. The van der Waals surface area contributed by atoms with E-state index in [1.165, 1.54) is 6.07 Å². The lowest BCUT2D eigenvalue weighted by molar-refractivity contribution is -0.113. The Morgan fingerprint density at radius 3 is 2.64 bits per heavy atom. The van der Waals surface area contributed by atoms with Crippen LogP contribution in [0.1, 0.15) is 55.5 Å². The van der Waals surface area contributed by atoms with Crippen LogP contribution in [0.15, 0.2) is 75.5 Å². The van der Waals surface area contributed by atoms with Gasteiger partial charge < -0.3 is 20.1 Å². The fraction of sp³-hybridized carbons (Fsp3) is 0.303. The second-order valence-electron chi connectivity index (χ2n) is 10.5. The van der Waals surface area contributed by atoms with E-state index in [4.69, 9.17) is 19.6 Å². The minimum absolute atomic E-state index is 0.0197. The molecule has 1 amide bonds. The van der Waals surface area contributed by atoms with Crippen LogP contribution < -0.4 is 20.1 Å². The van der Waals surface area contributed by atoms with Crippen LogP contribution in [0.25, 0.3) is 0 Å². The van der Waals surface area contributed by atoms with E-state index in [2.05, 4.69) is 33.5 Å². The number of fused-ring (bicyclic) bond motifs is 1. The highest BCUT2D eigenvalue weighted by atomic mass is 79.9. The second-order valence-corrected chi connectivity index (χ2v) is 12.4. The Morgan fingerprint density at radius 2 is 1.91 bits per heavy atom. The summed E-state index contributed by atoms with van der Waals surface area (Å²) in [4.78, 5) is 18.8. The predicted molar refractivity (Wildman–Crippen MR) is 176 cm³/mol. The first kappa shape index (κ1) is 31.6. The molecule has 230 valence electrons. The monoisotopic (exact) mass is 679 g/mol. The summed E-state index contributed by atoms with van der Waals surface area (Å²) >= 11 is 5.23. The van der Waals surface area contributed by atoms with Gasteiger partial charge in [-0.3, -0.25) is 4.79 Å². The summed E-state index contributed by atoms with van der Waals surface area (Å²) in [5.74, 6) is 1.71. The van der Waals surface area contributed by atoms with Gasteiger partial charge in [0.15, 0.2) is 11.5 Å². The number of hydrogen-bond donors (Lipinski definition) is 2. The number of nitrogens with zero attached hydrogens (tertiary/aromatic N) is 3. The molecule has 44 heavy (non-hydrogen) atoms. The van der Waals surface area contributed by atoms with Gasteiger partial charge in [-0.2, -0.15) is 4.98 Å². The molecule has 4 aromatic rings. The van der Waals surface area contributed by atoms with Crippen LogP contribution in [0.5, 0.6) is 11.5 Å². The molecule has 1 unspecified atom stereocenters. The van der Waals surface area contributed by atoms with Gasteiger partial charge in [0.1, 0.15) is 18.5 Å². The Morgan fingerprint density at radius 1 is 1.11 bits per heavy atom. The molecule has 1 aromatic heterocycles. The number of amides is 1. The summed E-state index contributed by atoms with van der Waals surface area (Å²) in [5, 5.41) is 11.9. The van der Waals surface area contributed by atoms with E-state index in [0.29, 0.717) is 50.5 Å². The van der Waals surface area contributed by atoms with E-state index in [9.17, 15) is 9.18 Å². The number of anilines is 2. The average molecular weight is 681 g/mol. The zero-order valence-electron chi connectivity index (χ0n) is 25.3. The number of rotatable bonds is 11. The lowest BCUT2D eigenvalue weighted by Gasteiger charge is -2.29. The maximum atomic E-state index is 14.3. The van der Waals surface area contributed by atoms with Crippen LogP contribution in [0.2, 0.25) is 0 Å². The smallest absolute Gasteiger partial charge is 0.255 e. The number of benzene rings is 3. The first-order valence-corrected chi connectivity index (χ1v) is 16.3. The zero-order valence-corrected chi connectivity index (χ0v) is 27.7. The molecule has 0 radical (unpaired) electrons. The Bertz CT molecular complexity index is 1720. The van der Waals surface area contributed by atoms with Crippen molar-refractivity contribution in [3.63, 3.8) is 0 Å². The van der Waals surface area contributed by atoms with Crippen molar-refractivity contribution in [2.45, 2.75) is 58.8 Å². The number of carbonyl (C=O) groups is 1. The fourth-order valence-electron chi connectivity index (χ4n) is 5.05. The molecule has 1 aliphatic rings. The van der Waals surface area contributed by atoms with Gasteiger partial charge >= 0.3 is 0 Å². The third-order valence-corrected chi connectivity index (χ3v) is 8.75. The van der Waals surface area contributed by atoms with Gasteiger partial charge in [-0.1, -0.05) is 54.6 Å². The van der Waals surface area contributed by atoms with Gasteiger partial charge in [0, 0.05) is 22.7 Å². The molecular weight excluding hydrogens is 645 g/mol. The van der Waals surface area contributed by atoms with Crippen LogP contribution >= 0.6 is 27.7 Å². The molecule has 1 atom stereocenters. The highest BCUT2D eigenvalue weighted by molar-refractivity contribution is 9.10. The number of allylic oxidation sites excluding steroid dienone is 1. The zero-order chi connectivity index (χ0) is 31.4. The normalized spacial score (nSPS) is 14.2.